The summed E-state index contributed by atoms with van der Waals surface area (Å²) in [5.74, 6) is -0.261. The smallest absolute Gasteiger partial charge is 0.272 e. The van der Waals surface area contributed by atoms with Crippen LogP contribution in [0.25, 0.3) is 10.9 Å². The third-order valence-corrected chi connectivity index (χ3v) is 6.78. The molecule has 2 aromatic carbocycles. The largest absolute Gasteiger partial charge is 0.333 e. The lowest BCUT2D eigenvalue weighted by molar-refractivity contribution is 0.0743. The summed E-state index contributed by atoms with van der Waals surface area (Å²) >= 11 is 0. The van der Waals surface area contributed by atoms with E-state index in [1.165, 1.54) is 0 Å². The van der Waals surface area contributed by atoms with E-state index in [-0.39, 0.29) is 17.7 Å². The molecule has 27 heavy (non-hydrogen) atoms. The van der Waals surface area contributed by atoms with E-state index in [0.29, 0.717) is 23.6 Å². The van der Waals surface area contributed by atoms with Crippen molar-refractivity contribution < 1.29 is 13.2 Å². The van der Waals surface area contributed by atoms with Crippen LogP contribution in [0.15, 0.2) is 71.6 Å². The summed E-state index contributed by atoms with van der Waals surface area (Å²) in [6, 6.07) is 19.3. The Labute approximate surface area is 158 Å². The number of carbonyl (C=O) groups excluding carboxylic acids is 1. The van der Waals surface area contributed by atoms with Gasteiger partial charge in [0.2, 0.25) is 0 Å². The average molecular weight is 380 g/mol. The lowest BCUT2D eigenvalue weighted by atomic mass is 10.2. The zero-order chi connectivity index (χ0) is 18.9. The summed E-state index contributed by atoms with van der Waals surface area (Å²) in [6.45, 7) is 0.558. The highest BCUT2D eigenvalue weighted by Gasteiger charge is 2.34. The summed E-state index contributed by atoms with van der Waals surface area (Å²) < 4.78 is 25.4. The predicted molar refractivity (Wildman–Crippen MR) is 104 cm³/mol. The first-order chi connectivity index (χ1) is 13.0. The Bertz CT molecular complexity index is 1080. The van der Waals surface area contributed by atoms with Crippen LogP contribution in [0.1, 0.15) is 23.3 Å². The van der Waals surface area contributed by atoms with Crippen LogP contribution in [0.5, 0.6) is 0 Å². The molecule has 0 aliphatic carbocycles. The summed E-state index contributed by atoms with van der Waals surface area (Å²) in [7, 11) is -3.44. The number of carbonyl (C=O) groups is 1. The molecule has 138 valence electrons. The lowest BCUT2D eigenvalue weighted by Crippen LogP contribution is -2.40. The highest BCUT2D eigenvalue weighted by molar-refractivity contribution is 7.91. The molecule has 1 amide bonds. The number of rotatable bonds is 4. The second-order valence-electron chi connectivity index (χ2n) is 6.78. The number of pyridine rings is 1. The molecule has 0 bridgehead atoms. The second-order valence-corrected chi connectivity index (χ2v) is 8.81. The van der Waals surface area contributed by atoms with Gasteiger partial charge in [-0.2, -0.15) is 0 Å². The van der Waals surface area contributed by atoms with Gasteiger partial charge in [-0.15, -0.1) is 0 Å². The number of fused-ring (bicyclic) bond motifs is 1. The molecule has 1 aliphatic rings. The van der Waals surface area contributed by atoms with Crippen LogP contribution in [-0.4, -0.2) is 42.5 Å². The molecular weight excluding hydrogens is 360 g/mol. The Kier molecular flexibility index (Phi) is 4.66. The Balaban J connectivity index is 1.58. The number of benzene rings is 2. The quantitative estimate of drug-likeness (QED) is 0.696. The van der Waals surface area contributed by atoms with Crippen molar-refractivity contribution in [1.82, 2.24) is 9.88 Å². The molecule has 0 radical (unpaired) electrons. The van der Waals surface area contributed by atoms with Crippen molar-refractivity contribution in [3.05, 3.63) is 72.4 Å². The summed E-state index contributed by atoms with van der Waals surface area (Å²) in [5, 5.41) is 0.971. The maximum absolute atomic E-state index is 13.0. The van der Waals surface area contributed by atoms with Crippen molar-refractivity contribution >= 4 is 26.6 Å². The first-order valence-electron chi connectivity index (χ1n) is 8.99. The van der Waals surface area contributed by atoms with Gasteiger partial charge in [0.1, 0.15) is 5.69 Å². The Hall–Kier alpha value is -2.73. The van der Waals surface area contributed by atoms with E-state index >= 15 is 0 Å². The molecule has 0 saturated carbocycles. The number of para-hydroxylation sites is 1. The highest BCUT2D eigenvalue weighted by atomic mass is 32.2. The van der Waals surface area contributed by atoms with Gasteiger partial charge in [-0.3, -0.25) is 4.79 Å². The molecule has 1 atom stereocenters. The fourth-order valence-electron chi connectivity index (χ4n) is 3.59. The number of sulfone groups is 1. The van der Waals surface area contributed by atoms with Crippen LogP contribution >= 0.6 is 0 Å². The molecular formula is C21H20N2O3S. The molecule has 4 rings (SSSR count). The van der Waals surface area contributed by atoms with Gasteiger partial charge in [0, 0.05) is 18.0 Å². The molecule has 1 unspecified atom stereocenters. The minimum Gasteiger partial charge on any atom is -0.333 e. The standard InChI is InChI=1S/C21H20N2O3S/c24-21(20-13-12-16-7-4-5-11-19(16)22-20)23-14-6-8-17(23)15-27(25,26)18-9-2-1-3-10-18/h1-5,7,9-13,17H,6,8,14-15H2. The third kappa shape index (κ3) is 3.57. The normalized spacial score (nSPS) is 17.3. The van der Waals surface area contributed by atoms with E-state index in [1.807, 2.05) is 30.3 Å². The van der Waals surface area contributed by atoms with Crippen molar-refractivity contribution in [2.24, 2.45) is 0 Å². The molecule has 2 heterocycles. The second kappa shape index (κ2) is 7.12. The van der Waals surface area contributed by atoms with Gasteiger partial charge in [0.25, 0.3) is 5.91 Å². The minimum atomic E-state index is -3.44. The zero-order valence-electron chi connectivity index (χ0n) is 14.8. The number of aromatic nitrogens is 1. The molecule has 3 aromatic rings. The molecule has 1 fully saturated rings. The number of likely N-dealkylation sites (tertiary alicyclic amines) is 1. The predicted octanol–water partition coefficient (Wildman–Crippen LogP) is 3.31. The highest BCUT2D eigenvalue weighted by Crippen LogP contribution is 2.24. The van der Waals surface area contributed by atoms with Gasteiger partial charge >= 0.3 is 0 Å². The van der Waals surface area contributed by atoms with Crippen molar-refractivity contribution in [3.8, 4) is 0 Å². The third-order valence-electron chi connectivity index (χ3n) is 4.97. The van der Waals surface area contributed by atoms with Crippen molar-refractivity contribution in [2.75, 3.05) is 12.3 Å². The molecule has 0 spiro atoms. The number of hydrogen-bond acceptors (Lipinski definition) is 4. The Morgan fingerprint density at radius 1 is 1.00 bits per heavy atom. The van der Waals surface area contributed by atoms with Gasteiger partial charge in [-0.25, -0.2) is 13.4 Å². The van der Waals surface area contributed by atoms with Crippen LogP contribution in [0, 0.1) is 0 Å². The lowest BCUT2D eigenvalue weighted by Gasteiger charge is -2.24. The van der Waals surface area contributed by atoms with E-state index in [9.17, 15) is 13.2 Å². The SMILES string of the molecule is O=C(c1ccc2ccccc2n1)N1CCCC1CS(=O)(=O)c1ccccc1. The number of amides is 1. The van der Waals surface area contributed by atoms with E-state index in [1.54, 1.807) is 41.3 Å². The van der Waals surface area contributed by atoms with Gasteiger partial charge in [0.05, 0.1) is 16.2 Å². The zero-order valence-corrected chi connectivity index (χ0v) is 15.6. The number of hydrogen-bond donors (Lipinski definition) is 0. The Morgan fingerprint density at radius 3 is 2.56 bits per heavy atom. The summed E-state index contributed by atoms with van der Waals surface area (Å²) in [5.41, 5.74) is 1.12. The van der Waals surface area contributed by atoms with Crippen LogP contribution in [0.4, 0.5) is 0 Å². The maximum Gasteiger partial charge on any atom is 0.272 e. The maximum atomic E-state index is 13.0. The van der Waals surface area contributed by atoms with Gasteiger partial charge in [0.15, 0.2) is 9.84 Å². The van der Waals surface area contributed by atoms with Crippen molar-refractivity contribution in [3.63, 3.8) is 0 Å². The van der Waals surface area contributed by atoms with E-state index in [0.717, 1.165) is 17.3 Å². The first-order valence-corrected chi connectivity index (χ1v) is 10.6. The first kappa shape index (κ1) is 17.7. The van der Waals surface area contributed by atoms with Crippen LogP contribution < -0.4 is 0 Å². The fraction of sp³-hybridized carbons (Fsp3) is 0.238. The summed E-state index contributed by atoms with van der Waals surface area (Å²) in [4.78, 5) is 19.4. The van der Waals surface area contributed by atoms with Crippen LogP contribution in [0.3, 0.4) is 0 Å². The van der Waals surface area contributed by atoms with E-state index in [4.69, 9.17) is 0 Å². The topological polar surface area (TPSA) is 67.3 Å². The van der Waals surface area contributed by atoms with Crippen LogP contribution in [0.2, 0.25) is 0 Å². The monoisotopic (exact) mass is 380 g/mol. The fourth-order valence-corrected chi connectivity index (χ4v) is 5.20. The molecule has 1 saturated heterocycles. The number of nitrogens with zero attached hydrogens (tertiary/aromatic N) is 2. The van der Waals surface area contributed by atoms with Gasteiger partial charge in [-0.05, 0) is 37.1 Å². The summed E-state index contributed by atoms with van der Waals surface area (Å²) in [6.07, 6.45) is 1.49. The van der Waals surface area contributed by atoms with E-state index in [2.05, 4.69) is 4.98 Å². The molecule has 0 N–H and O–H groups in total. The average Bonchev–Trinajstić information content (AvgIpc) is 3.15. The Morgan fingerprint density at radius 2 is 1.74 bits per heavy atom. The van der Waals surface area contributed by atoms with Crippen LogP contribution in [-0.2, 0) is 9.84 Å². The van der Waals surface area contributed by atoms with E-state index < -0.39 is 9.84 Å². The minimum absolute atomic E-state index is 0.0592. The molecule has 1 aromatic heterocycles. The van der Waals surface area contributed by atoms with Crippen molar-refractivity contribution in [2.45, 2.75) is 23.8 Å². The van der Waals surface area contributed by atoms with Gasteiger partial charge < -0.3 is 4.90 Å². The van der Waals surface area contributed by atoms with Gasteiger partial charge in [-0.1, -0.05) is 42.5 Å². The molecule has 5 nitrogen and oxygen atoms in total. The molecule has 6 heteroatoms. The van der Waals surface area contributed by atoms with Crippen molar-refractivity contribution in [1.29, 1.82) is 0 Å². The molecule has 1 aliphatic heterocycles.